The summed E-state index contributed by atoms with van der Waals surface area (Å²) in [4.78, 5) is 7.48. The van der Waals surface area contributed by atoms with Crippen LogP contribution < -0.4 is 10.6 Å². The third-order valence-electron chi connectivity index (χ3n) is 5.27. The smallest absolute Gasteiger partial charge is 0.191 e. The van der Waals surface area contributed by atoms with E-state index in [0.717, 1.165) is 56.7 Å². The molecule has 1 aliphatic heterocycles. The highest BCUT2D eigenvalue weighted by atomic mass is 16.3. The van der Waals surface area contributed by atoms with Gasteiger partial charge in [0, 0.05) is 31.7 Å². The Kier molecular flexibility index (Phi) is 5.58. The van der Waals surface area contributed by atoms with Gasteiger partial charge >= 0.3 is 0 Å². The van der Waals surface area contributed by atoms with E-state index in [0.29, 0.717) is 6.04 Å². The molecule has 0 spiro atoms. The Labute approximate surface area is 134 Å². The van der Waals surface area contributed by atoms with Gasteiger partial charge in [-0.25, -0.2) is 0 Å². The predicted molar refractivity (Wildman–Crippen MR) is 90.1 cm³/mol. The van der Waals surface area contributed by atoms with Crippen LogP contribution in [0.2, 0.25) is 0 Å². The summed E-state index contributed by atoms with van der Waals surface area (Å²) in [5, 5.41) is 16.5. The second kappa shape index (κ2) is 7.64. The fourth-order valence-electron chi connectivity index (χ4n) is 3.74. The summed E-state index contributed by atoms with van der Waals surface area (Å²) in [6, 6.07) is 1.36. The zero-order chi connectivity index (χ0) is 15.4. The molecule has 1 atom stereocenters. The number of aliphatic hydroxyl groups is 1. The Hall–Kier alpha value is -0.810. The number of likely N-dealkylation sites (tertiary alicyclic amines) is 1. The maximum atomic E-state index is 9.61. The lowest BCUT2D eigenvalue weighted by molar-refractivity contribution is 0.120. The van der Waals surface area contributed by atoms with Gasteiger partial charge in [-0.1, -0.05) is 0 Å². The minimum absolute atomic E-state index is 0.0931. The lowest BCUT2D eigenvalue weighted by Crippen LogP contribution is -2.45. The first-order valence-electron chi connectivity index (χ1n) is 9.21. The van der Waals surface area contributed by atoms with E-state index in [1.807, 2.05) is 0 Å². The molecule has 1 unspecified atom stereocenters. The number of hydrogen-bond donors (Lipinski definition) is 3. The van der Waals surface area contributed by atoms with Crippen molar-refractivity contribution in [3.8, 4) is 0 Å². The van der Waals surface area contributed by atoms with Gasteiger partial charge in [0.15, 0.2) is 5.96 Å². The van der Waals surface area contributed by atoms with E-state index >= 15 is 0 Å². The van der Waals surface area contributed by atoms with Crippen LogP contribution in [0.1, 0.15) is 51.9 Å². The summed E-state index contributed by atoms with van der Waals surface area (Å²) in [6.07, 6.45) is 7.95. The molecule has 22 heavy (non-hydrogen) atoms. The summed E-state index contributed by atoms with van der Waals surface area (Å²) in [5.41, 5.74) is 0. The van der Waals surface area contributed by atoms with Gasteiger partial charge in [0.2, 0.25) is 0 Å². The third kappa shape index (κ3) is 4.59. The minimum atomic E-state index is -0.0931. The minimum Gasteiger partial charge on any atom is -0.393 e. The van der Waals surface area contributed by atoms with Gasteiger partial charge in [-0.05, 0) is 64.3 Å². The van der Waals surface area contributed by atoms with Crippen LogP contribution >= 0.6 is 0 Å². The number of nitrogens with one attached hydrogen (secondary N) is 2. The molecule has 0 radical (unpaired) electrons. The van der Waals surface area contributed by atoms with E-state index in [1.54, 1.807) is 0 Å². The summed E-state index contributed by atoms with van der Waals surface area (Å²) in [5.74, 6) is 1.69. The van der Waals surface area contributed by atoms with Crippen molar-refractivity contribution >= 4 is 5.96 Å². The van der Waals surface area contributed by atoms with E-state index in [-0.39, 0.29) is 6.10 Å². The van der Waals surface area contributed by atoms with Crippen molar-refractivity contribution in [1.29, 1.82) is 0 Å². The van der Waals surface area contributed by atoms with Crippen molar-refractivity contribution < 1.29 is 5.11 Å². The normalized spacial score (nSPS) is 33.9. The zero-order valence-corrected chi connectivity index (χ0v) is 13.9. The molecule has 2 saturated carbocycles. The molecule has 1 saturated heterocycles. The Morgan fingerprint density at radius 1 is 1.14 bits per heavy atom. The van der Waals surface area contributed by atoms with Gasteiger partial charge in [0.25, 0.3) is 0 Å². The van der Waals surface area contributed by atoms with Crippen LogP contribution in [0.5, 0.6) is 0 Å². The highest BCUT2D eigenvalue weighted by molar-refractivity contribution is 5.80. The summed E-state index contributed by atoms with van der Waals surface area (Å²) < 4.78 is 0. The van der Waals surface area contributed by atoms with Crippen LogP contribution in [0.25, 0.3) is 0 Å². The number of hydrogen-bond acceptors (Lipinski definition) is 3. The predicted octanol–water partition coefficient (Wildman–Crippen LogP) is 1.33. The van der Waals surface area contributed by atoms with Gasteiger partial charge < -0.3 is 20.6 Å². The van der Waals surface area contributed by atoms with Crippen LogP contribution in [0, 0.1) is 5.92 Å². The van der Waals surface area contributed by atoms with E-state index in [2.05, 4.69) is 22.5 Å². The number of rotatable bonds is 5. The Morgan fingerprint density at radius 3 is 2.59 bits per heavy atom. The van der Waals surface area contributed by atoms with Gasteiger partial charge in [0.1, 0.15) is 0 Å². The molecule has 1 heterocycles. The maximum absolute atomic E-state index is 9.61. The number of guanidine groups is 1. The van der Waals surface area contributed by atoms with E-state index in [1.165, 1.54) is 32.4 Å². The fourth-order valence-corrected chi connectivity index (χ4v) is 3.74. The first kappa shape index (κ1) is 16.1. The lowest BCUT2D eigenvalue weighted by Gasteiger charge is -2.27. The van der Waals surface area contributed by atoms with E-state index < -0.39 is 0 Å². The topological polar surface area (TPSA) is 59.9 Å². The molecule has 0 amide bonds. The van der Waals surface area contributed by atoms with Crippen LogP contribution in [-0.4, -0.2) is 60.3 Å². The second-order valence-electron chi connectivity index (χ2n) is 7.25. The van der Waals surface area contributed by atoms with Crippen molar-refractivity contribution in [2.75, 3.05) is 26.2 Å². The van der Waals surface area contributed by atoms with Crippen molar-refractivity contribution in [3.05, 3.63) is 0 Å². The zero-order valence-electron chi connectivity index (χ0n) is 13.9. The molecule has 2 aliphatic carbocycles. The first-order chi connectivity index (χ1) is 10.7. The molecule has 3 N–H and O–H groups in total. The molecule has 126 valence electrons. The second-order valence-corrected chi connectivity index (χ2v) is 7.25. The van der Waals surface area contributed by atoms with Gasteiger partial charge in [-0.3, -0.25) is 4.99 Å². The van der Waals surface area contributed by atoms with E-state index in [9.17, 15) is 5.11 Å². The van der Waals surface area contributed by atoms with Crippen LogP contribution in [0.4, 0.5) is 0 Å². The van der Waals surface area contributed by atoms with Crippen LogP contribution in [0.3, 0.4) is 0 Å². The summed E-state index contributed by atoms with van der Waals surface area (Å²) in [7, 11) is 0. The van der Waals surface area contributed by atoms with Crippen molar-refractivity contribution in [3.63, 3.8) is 0 Å². The molecule has 0 aromatic rings. The largest absolute Gasteiger partial charge is 0.393 e. The third-order valence-corrected chi connectivity index (χ3v) is 5.27. The molecular weight excluding hydrogens is 276 g/mol. The lowest BCUT2D eigenvalue weighted by atomic mass is 9.93. The standard InChI is InChI=1S/C17H32N4O/c1-2-18-17(20-14-3-7-16(22)8-4-14)19-11-13-9-10-21(12-13)15-5-6-15/h13-16,22H,2-12H2,1H3,(H2,18,19,20). The van der Waals surface area contributed by atoms with Gasteiger partial charge in [-0.15, -0.1) is 0 Å². The highest BCUT2D eigenvalue weighted by Crippen LogP contribution is 2.31. The fraction of sp³-hybridized carbons (Fsp3) is 0.941. The van der Waals surface area contributed by atoms with Crippen molar-refractivity contribution in [2.45, 2.75) is 70.1 Å². The Bertz CT molecular complexity index is 375. The molecule has 3 rings (SSSR count). The number of aliphatic imine (C=N–C) groups is 1. The molecule has 3 aliphatic rings. The molecule has 5 nitrogen and oxygen atoms in total. The monoisotopic (exact) mass is 308 g/mol. The first-order valence-corrected chi connectivity index (χ1v) is 9.21. The highest BCUT2D eigenvalue weighted by Gasteiger charge is 2.34. The maximum Gasteiger partial charge on any atom is 0.191 e. The molecule has 0 aromatic carbocycles. The van der Waals surface area contributed by atoms with Crippen molar-refractivity contribution in [1.82, 2.24) is 15.5 Å². The van der Waals surface area contributed by atoms with Crippen molar-refractivity contribution in [2.24, 2.45) is 10.9 Å². The van der Waals surface area contributed by atoms with Gasteiger partial charge in [0.05, 0.1) is 6.10 Å². The molecule has 3 fully saturated rings. The van der Waals surface area contributed by atoms with Gasteiger partial charge in [-0.2, -0.15) is 0 Å². The molecule has 0 bridgehead atoms. The number of nitrogens with zero attached hydrogens (tertiary/aromatic N) is 2. The average Bonchev–Trinajstić information content (AvgIpc) is 3.26. The quantitative estimate of drug-likeness (QED) is 0.530. The molecular formula is C17H32N4O. The Balaban J connectivity index is 1.45. The molecule has 5 heteroatoms. The average molecular weight is 308 g/mol. The SMILES string of the molecule is CCNC(=NCC1CCN(C2CC2)C1)NC1CCC(O)CC1. The summed E-state index contributed by atoms with van der Waals surface area (Å²) in [6.45, 7) is 6.47. The summed E-state index contributed by atoms with van der Waals surface area (Å²) >= 11 is 0. The van der Waals surface area contributed by atoms with Crippen LogP contribution in [0.15, 0.2) is 4.99 Å². The molecule has 0 aromatic heterocycles. The van der Waals surface area contributed by atoms with Crippen LogP contribution in [-0.2, 0) is 0 Å². The van der Waals surface area contributed by atoms with E-state index in [4.69, 9.17) is 4.99 Å². The number of aliphatic hydroxyl groups excluding tert-OH is 1. The Morgan fingerprint density at radius 2 is 1.91 bits per heavy atom.